The lowest BCUT2D eigenvalue weighted by molar-refractivity contribution is -0.135. The van der Waals surface area contributed by atoms with E-state index >= 15 is 0 Å². The monoisotopic (exact) mass is 326 g/mol. The number of piperidine rings is 1. The minimum absolute atomic E-state index is 0.0147. The van der Waals surface area contributed by atoms with Gasteiger partial charge in [0.1, 0.15) is 0 Å². The zero-order chi connectivity index (χ0) is 16.9. The van der Waals surface area contributed by atoms with Gasteiger partial charge in [-0.05, 0) is 18.9 Å². The van der Waals surface area contributed by atoms with Crippen LogP contribution in [0.15, 0.2) is 30.9 Å². The lowest BCUT2D eigenvalue weighted by Gasteiger charge is -2.34. The summed E-state index contributed by atoms with van der Waals surface area (Å²) in [7, 11) is 0. The predicted octanol–water partition coefficient (Wildman–Crippen LogP) is 2.37. The van der Waals surface area contributed by atoms with E-state index in [1.54, 1.807) is 30.9 Å². The van der Waals surface area contributed by atoms with E-state index in [0.717, 1.165) is 25.1 Å². The molecule has 7 heteroatoms. The Hall–Kier alpha value is -2.57. The molecule has 2 aromatic rings. The van der Waals surface area contributed by atoms with Crippen molar-refractivity contribution in [2.75, 3.05) is 18.4 Å². The highest BCUT2D eigenvalue weighted by Crippen LogP contribution is 2.30. The summed E-state index contributed by atoms with van der Waals surface area (Å²) < 4.78 is 0. The number of hydrogen-bond donors (Lipinski definition) is 1. The van der Waals surface area contributed by atoms with E-state index in [0.29, 0.717) is 18.3 Å². The number of nitrogens with one attached hydrogen (secondary N) is 1. The number of rotatable bonds is 4. The van der Waals surface area contributed by atoms with E-state index in [2.05, 4.69) is 25.3 Å². The van der Waals surface area contributed by atoms with Crippen molar-refractivity contribution < 1.29 is 4.79 Å². The maximum atomic E-state index is 12.3. The first kappa shape index (κ1) is 16.3. The molecule has 0 unspecified atom stereocenters. The SMILES string of the molecule is CC(C)C(=O)N1CCC[C@H](c2nccnc2Nc2ncccn2)C1. The van der Waals surface area contributed by atoms with Crippen molar-refractivity contribution in [2.24, 2.45) is 5.92 Å². The first-order chi connectivity index (χ1) is 11.6. The lowest BCUT2D eigenvalue weighted by atomic mass is 9.93. The average Bonchev–Trinajstić information content (AvgIpc) is 2.62. The average molecular weight is 326 g/mol. The van der Waals surface area contributed by atoms with Gasteiger partial charge in [-0.15, -0.1) is 0 Å². The van der Waals surface area contributed by atoms with Crippen LogP contribution in [-0.4, -0.2) is 43.8 Å². The summed E-state index contributed by atoms with van der Waals surface area (Å²) in [6, 6.07) is 1.76. The van der Waals surface area contributed by atoms with E-state index in [1.807, 2.05) is 18.7 Å². The Balaban J connectivity index is 1.80. The van der Waals surface area contributed by atoms with Crippen LogP contribution in [-0.2, 0) is 4.79 Å². The van der Waals surface area contributed by atoms with Crippen molar-refractivity contribution in [1.82, 2.24) is 24.8 Å². The standard InChI is InChI=1S/C17H22N6O/c1-12(2)16(24)23-10-3-5-13(11-23)14-15(19-9-8-18-14)22-17-20-6-4-7-21-17/h4,6-9,12-13H,3,5,10-11H2,1-2H3,(H,19,20,21,22)/t13-/m0/s1. The van der Waals surface area contributed by atoms with Crippen molar-refractivity contribution in [3.05, 3.63) is 36.5 Å². The van der Waals surface area contributed by atoms with E-state index in [4.69, 9.17) is 0 Å². The molecule has 0 aliphatic carbocycles. The second-order valence-corrected chi connectivity index (χ2v) is 6.27. The molecule has 0 radical (unpaired) electrons. The number of aromatic nitrogens is 4. The second-order valence-electron chi connectivity index (χ2n) is 6.27. The molecule has 126 valence electrons. The summed E-state index contributed by atoms with van der Waals surface area (Å²) in [5.74, 6) is 1.53. The van der Waals surface area contributed by atoms with Crippen LogP contribution in [0.2, 0.25) is 0 Å². The van der Waals surface area contributed by atoms with Crippen LogP contribution >= 0.6 is 0 Å². The Bertz CT molecular complexity index is 690. The fourth-order valence-electron chi connectivity index (χ4n) is 2.98. The highest BCUT2D eigenvalue weighted by Gasteiger charge is 2.28. The van der Waals surface area contributed by atoms with Crippen LogP contribution in [0.4, 0.5) is 11.8 Å². The first-order valence-electron chi connectivity index (χ1n) is 8.29. The van der Waals surface area contributed by atoms with Crippen LogP contribution in [0.1, 0.15) is 38.3 Å². The van der Waals surface area contributed by atoms with Gasteiger partial charge in [0, 0.05) is 49.7 Å². The largest absolute Gasteiger partial charge is 0.342 e. The van der Waals surface area contributed by atoms with Crippen molar-refractivity contribution in [3.63, 3.8) is 0 Å². The number of nitrogens with zero attached hydrogens (tertiary/aromatic N) is 5. The Labute approximate surface area is 141 Å². The number of likely N-dealkylation sites (tertiary alicyclic amines) is 1. The highest BCUT2D eigenvalue weighted by molar-refractivity contribution is 5.78. The molecule has 0 saturated carbocycles. The molecule has 1 fully saturated rings. The summed E-state index contributed by atoms with van der Waals surface area (Å²) in [5, 5.41) is 3.14. The molecule has 1 amide bonds. The fourth-order valence-corrected chi connectivity index (χ4v) is 2.98. The molecule has 2 aromatic heterocycles. The van der Waals surface area contributed by atoms with Gasteiger partial charge in [-0.2, -0.15) is 0 Å². The van der Waals surface area contributed by atoms with E-state index in [-0.39, 0.29) is 17.7 Å². The summed E-state index contributed by atoms with van der Waals surface area (Å²) in [5.41, 5.74) is 0.867. The maximum absolute atomic E-state index is 12.3. The molecule has 1 saturated heterocycles. The normalized spacial score (nSPS) is 17.8. The Morgan fingerprint density at radius 3 is 2.67 bits per heavy atom. The quantitative estimate of drug-likeness (QED) is 0.928. The zero-order valence-electron chi connectivity index (χ0n) is 14.0. The van der Waals surface area contributed by atoms with Crippen molar-refractivity contribution >= 4 is 17.7 Å². The molecule has 3 rings (SSSR count). The van der Waals surface area contributed by atoms with Crippen LogP contribution < -0.4 is 5.32 Å². The molecule has 3 heterocycles. The molecule has 1 atom stereocenters. The van der Waals surface area contributed by atoms with Gasteiger partial charge in [-0.1, -0.05) is 13.8 Å². The Morgan fingerprint density at radius 1 is 1.17 bits per heavy atom. The number of carbonyl (C=O) groups is 1. The summed E-state index contributed by atoms with van der Waals surface area (Å²) in [6.07, 6.45) is 8.65. The van der Waals surface area contributed by atoms with E-state index < -0.39 is 0 Å². The van der Waals surface area contributed by atoms with Crippen LogP contribution in [0.5, 0.6) is 0 Å². The third-order valence-corrected chi connectivity index (χ3v) is 4.14. The third-order valence-electron chi connectivity index (χ3n) is 4.14. The topological polar surface area (TPSA) is 83.9 Å². The smallest absolute Gasteiger partial charge is 0.228 e. The molecule has 0 bridgehead atoms. The number of hydrogen-bond acceptors (Lipinski definition) is 6. The molecule has 0 spiro atoms. The van der Waals surface area contributed by atoms with Gasteiger partial charge in [0.05, 0.1) is 5.69 Å². The predicted molar refractivity (Wildman–Crippen MR) is 90.7 cm³/mol. The van der Waals surface area contributed by atoms with Crippen LogP contribution in [0, 0.1) is 5.92 Å². The summed E-state index contributed by atoms with van der Waals surface area (Å²) >= 11 is 0. The first-order valence-corrected chi connectivity index (χ1v) is 8.29. The molecule has 0 aromatic carbocycles. The Kier molecular flexibility index (Phi) is 4.98. The van der Waals surface area contributed by atoms with E-state index in [1.165, 1.54) is 0 Å². The Morgan fingerprint density at radius 2 is 1.92 bits per heavy atom. The van der Waals surface area contributed by atoms with Gasteiger partial charge in [-0.3, -0.25) is 9.78 Å². The molecule has 1 N–H and O–H groups in total. The van der Waals surface area contributed by atoms with Gasteiger partial charge in [0.2, 0.25) is 11.9 Å². The van der Waals surface area contributed by atoms with Gasteiger partial charge >= 0.3 is 0 Å². The molecular weight excluding hydrogens is 304 g/mol. The molecular formula is C17H22N6O. The molecule has 24 heavy (non-hydrogen) atoms. The van der Waals surface area contributed by atoms with Crippen molar-refractivity contribution in [1.29, 1.82) is 0 Å². The number of carbonyl (C=O) groups excluding carboxylic acids is 1. The minimum atomic E-state index is 0.0147. The molecule has 1 aliphatic heterocycles. The van der Waals surface area contributed by atoms with Gasteiger partial charge in [0.15, 0.2) is 5.82 Å². The third kappa shape index (κ3) is 3.67. The van der Waals surface area contributed by atoms with Gasteiger partial charge in [-0.25, -0.2) is 15.0 Å². The maximum Gasteiger partial charge on any atom is 0.228 e. The summed E-state index contributed by atoms with van der Waals surface area (Å²) in [6.45, 7) is 5.38. The van der Waals surface area contributed by atoms with E-state index in [9.17, 15) is 4.79 Å². The number of amides is 1. The minimum Gasteiger partial charge on any atom is -0.342 e. The number of anilines is 2. The molecule has 1 aliphatic rings. The lowest BCUT2D eigenvalue weighted by Crippen LogP contribution is -2.41. The highest BCUT2D eigenvalue weighted by atomic mass is 16.2. The van der Waals surface area contributed by atoms with Crippen LogP contribution in [0.3, 0.4) is 0 Å². The molecule has 7 nitrogen and oxygen atoms in total. The van der Waals surface area contributed by atoms with Crippen molar-refractivity contribution in [3.8, 4) is 0 Å². The van der Waals surface area contributed by atoms with Crippen LogP contribution in [0.25, 0.3) is 0 Å². The fraction of sp³-hybridized carbons (Fsp3) is 0.471. The van der Waals surface area contributed by atoms with Gasteiger partial charge in [0.25, 0.3) is 0 Å². The zero-order valence-corrected chi connectivity index (χ0v) is 14.0. The second kappa shape index (κ2) is 7.33. The van der Waals surface area contributed by atoms with Crippen molar-refractivity contribution in [2.45, 2.75) is 32.6 Å². The summed E-state index contributed by atoms with van der Waals surface area (Å²) in [4.78, 5) is 31.5. The van der Waals surface area contributed by atoms with Gasteiger partial charge < -0.3 is 10.2 Å².